The highest BCUT2D eigenvalue weighted by molar-refractivity contribution is 6.32. The molecule has 7 nitrogen and oxygen atoms in total. The van der Waals surface area contributed by atoms with Crippen molar-refractivity contribution in [2.45, 2.75) is 96.8 Å². The Morgan fingerprint density at radius 3 is 1.90 bits per heavy atom. The molecule has 0 spiro atoms. The molecule has 176 valence electrons. The number of unbranched alkanes of at least 4 members (excludes halogenated alkanes) is 13. The zero-order valence-electron chi connectivity index (χ0n) is 18.6. The molecule has 0 bridgehead atoms. The molecule has 0 amide bonds. The van der Waals surface area contributed by atoms with Gasteiger partial charge in [0.05, 0.1) is 22.6 Å². The number of benzene rings is 1. The maximum atomic E-state index is 11.7. The lowest BCUT2D eigenvalue weighted by Gasteiger charge is -2.07. The Kier molecular flexibility index (Phi) is 14.5. The van der Waals surface area contributed by atoms with E-state index in [0.29, 0.717) is 0 Å². The van der Waals surface area contributed by atoms with Crippen LogP contribution in [0.1, 0.15) is 96.8 Å². The molecular formula is C23H36ClNO6. The number of nitrogens with zero attached hydrogens (tertiary/aromatic N) is 1. The molecule has 0 atom stereocenters. The maximum Gasteiger partial charge on any atom is 0.513 e. The van der Waals surface area contributed by atoms with Gasteiger partial charge in [0.25, 0.3) is 0 Å². The summed E-state index contributed by atoms with van der Waals surface area (Å²) in [5, 5.41) is 20.1. The zero-order valence-corrected chi connectivity index (χ0v) is 19.3. The standard InChI is InChI=1S/C23H36ClNO6/c1-2-3-4-5-6-7-8-9-10-11-12-13-14-15-16-30-23(27)31-19-17-20(24)22(26)21(18-19)25(28)29/h17-18,26H,2-16H2,1H3. The first kappa shape index (κ1) is 27.0. The number of phenolic OH excluding ortho intramolecular Hbond substituents is 1. The normalized spacial score (nSPS) is 10.8. The van der Waals surface area contributed by atoms with Gasteiger partial charge < -0.3 is 14.6 Å². The highest BCUT2D eigenvalue weighted by Gasteiger charge is 2.20. The lowest BCUT2D eigenvalue weighted by atomic mass is 10.0. The minimum Gasteiger partial charge on any atom is -0.501 e. The first-order chi connectivity index (χ1) is 15.0. The summed E-state index contributed by atoms with van der Waals surface area (Å²) in [6.07, 6.45) is 16.4. The van der Waals surface area contributed by atoms with Crippen molar-refractivity contribution in [2.75, 3.05) is 6.61 Å². The number of carbonyl (C=O) groups is 1. The van der Waals surface area contributed by atoms with Gasteiger partial charge in [0, 0.05) is 6.07 Å². The summed E-state index contributed by atoms with van der Waals surface area (Å²) < 4.78 is 9.89. The summed E-state index contributed by atoms with van der Waals surface area (Å²) in [6.45, 7) is 2.47. The van der Waals surface area contributed by atoms with Crippen LogP contribution in [0.2, 0.25) is 5.02 Å². The second kappa shape index (κ2) is 16.6. The number of hydrogen-bond acceptors (Lipinski definition) is 6. The Morgan fingerprint density at radius 1 is 0.935 bits per heavy atom. The maximum absolute atomic E-state index is 11.7. The zero-order chi connectivity index (χ0) is 22.9. The number of nitro benzene ring substituents is 1. The smallest absolute Gasteiger partial charge is 0.501 e. The van der Waals surface area contributed by atoms with Gasteiger partial charge in [-0.1, -0.05) is 102 Å². The molecule has 0 saturated carbocycles. The number of hydrogen-bond donors (Lipinski definition) is 1. The van der Waals surface area contributed by atoms with E-state index in [1.807, 2.05) is 0 Å². The molecule has 1 aromatic rings. The minimum atomic E-state index is -0.953. The summed E-state index contributed by atoms with van der Waals surface area (Å²) in [6, 6.07) is 2.05. The molecule has 1 N–H and O–H groups in total. The van der Waals surface area contributed by atoms with Crippen LogP contribution in [-0.2, 0) is 4.74 Å². The van der Waals surface area contributed by atoms with Gasteiger partial charge in [0.2, 0.25) is 5.75 Å². The van der Waals surface area contributed by atoms with E-state index < -0.39 is 22.5 Å². The Bertz CT molecular complexity index is 668. The average Bonchev–Trinajstić information content (AvgIpc) is 2.73. The van der Waals surface area contributed by atoms with Gasteiger partial charge in [-0.05, 0) is 6.42 Å². The molecule has 0 aliphatic carbocycles. The number of phenols is 1. The summed E-state index contributed by atoms with van der Waals surface area (Å²) in [7, 11) is 0. The molecule has 31 heavy (non-hydrogen) atoms. The Hall–Kier alpha value is -2.02. The monoisotopic (exact) mass is 457 g/mol. The van der Waals surface area contributed by atoms with Gasteiger partial charge in [-0.15, -0.1) is 0 Å². The van der Waals surface area contributed by atoms with Crippen molar-refractivity contribution >= 4 is 23.4 Å². The molecule has 0 aromatic heterocycles. The van der Waals surface area contributed by atoms with Crippen LogP contribution in [0.5, 0.6) is 11.5 Å². The van der Waals surface area contributed by atoms with Crippen molar-refractivity contribution < 1.29 is 24.3 Å². The van der Waals surface area contributed by atoms with Gasteiger partial charge in [-0.25, -0.2) is 4.79 Å². The SMILES string of the molecule is CCCCCCCCCCCCCCCCOC(=O)Oc1cc(Cl)c(O)c([N+](=O)[O-])c1. The Balaban J connectivity index is 2.01. The molecule has 1 rings (SSSR count). The fraction of sp³-hybridized carbons (Fsp3) is 0.696. The lowest BCUT2D eigenvalue weighted by molar-refractivity contribution is -0.385. The molecule has 0 aliphatic rings. The summed E-state index contributed by atoms with van der Waals surface area (Å²) >= 11 is 5.71. The molecule has 0 radical (unpaired) electrons. The second-order valence-electron chi connectivity index (χ2n) is 7.83. The first-order valence-corrected chi connectivity index (χ1v) is 11.8. The fourth-order valence-corrected chi connectivity index (χ4v) is 3.54. The number of rotatable bonds is 17. The van der Waals surface area contributed by atoms with E-state index in [2.05, 4.69) is 6.92 Å². The number of carbonyl (C=O) groups excluding carboxylic acids is 1. The largest absolute Gasteiger partial charge is 0.513 e. The summed E-state index contributed by atoms with van der Waals surface area (Å²) in [4.78, 5) is 21.7. The van der Waals surface area contributed by atoms with Crippen molar-refractivity contribution in [1.82, 2.24) is 0 Å². The number of nitro groups is 1. The number of aromatic hydroxyl groups is 1. The van der Waals surface area contributed by atoms with E-state index in [1.54, 1.807) is 0 Å². The fourth-order valence-electron chi connectivity index (χ4n) is 3.34. The van der Waals surface area contributed by atoms with Crippen LogP contribution in [-0.4, -0.2) is 22.8 Å². The van der Waals surface area contributed by atoms with E-state index in [4.69, 9.17) is 21.1 Å². The lowest BCUT2D eigenvalue weighted by Crippen LogP contribution is -2.11. The molecule has 0 fully saturated rings. The molecule has 1 aromatic carbocycles. The highest BCUT2D eigenvalue weighted by Crippen LogP contribution is 2.37. The van der Waals surface area contributed by atoms with Crippen molar-refractivity contribution in [1.29, 1.82) is 0 Å². The van der Waals surface area contributed by atoms with Crippen molar-refractivity contribution in [3.8, 4) is 11.5 Å². The van der Waals surface area contributed by atoms with Crippen molar-refractivity contribution in [3.05, 3.63) is 27.3 Å². The summed E-state index contributed by atoms with van der Waals surface area (Å²) in [5.41, 5.74) is -0.637. The quantitative estimate of drug-likeness (QED) is 0.0837. The Morgan fingerprint density at radius 2 is 1.42 bits per heavy atom. The molecular weight excluding hydrogens is 422 g/mol. The van der Waals surface area contributed by atoms with Gasteiger partial charge in [0.15, 0.2) is 0 Å². The van der Waals surface area contributed by atoms with Crippen LogP contribution < -0.4 is 4.74 Å². The average molecular weight is 458 g/mol. The van der Waals surface area contributed by atoms with Crippen molar-refractivity contribution in [3.63, 3.8) is 0 Å². The Labute approximate surface area is 190 Å². The van der Waals surface area contributed by atoms with E-state index in [9.17, 15) is 20.0 Å². The highest BCUT2D eigenvalue weighted by atomic mass is 35.5. The third kappa shape index (κ3) is 12.4. The van der Waals surface area contributed by atoms with Gasteiger partial charge in [-0.2, -0.15) is 0 Å². The second-order valence-corrected chi connectivity index (χ2v) is 8.23. The van der Waals surface area contributed by atoms with Crippen LogP contribution in [0.15, 0.2) is 12.1 Å². The van der Waals surface area contributed by atoms with E-state index in [1.165, 1.54) is 70.6 Å². The van der Waals surface area contributed by atoms with Crippen LogP contribution in [0.4, 0.5) is 10.5 Å². The third-order valence-electron chi connectivity index (χ3n) is 5.13. The predicted molar refractivity (Wildman–Crippen MR) is 122 cm³/mol. The van der Waals surface area contributed by atoms with Gasteiger partial charge in [-0.3, -0.25) is 10.1 Å². The molecule has 0 unspecified atom stereocenters. The predicted octanol–water partition coefficient (Wildman–Crippen LogP) is 7.95. The molecule has 0 aliphatic heterocycles. The topological polar surface area (TPSA) is 98.9 Å². The van der Waals surface area contributed by atoms with E-state index in [-0.39, 0.29) is 17.4 Å². The minimum absolute atomic E-state index is 0.152. The van der Waals surface area contributed by atoms with Gasteiger partial charge in [0.1, 0.15) is 5.75 Å². The molecule has 0 saturated heterocycles. The van der Waals surface area contributed by atoms with E-state index in [0.717, 1.165) is 31.4 Å². The van der Waals surface area contributed by atoms with Crippen LogP contribution >= 0.6 is 11.6 Å². The van der Waals surface area contributed by atoms with Crippen LogP contribution in [0.3, 0.4) is 0 Å². The van der Waals surface area contributed by atoms with Crippen molar-refractivity contribution in [2.24, 2.45) is 0 Å². The number of ether oxygens (including phenoxy) is 2. The third-order valence-corrected chi connectivity index (χ3v) is 5.42. The molecule has 8 heteroatoms. The summed E-state index contributed by atoms with van der Waals surface area (Å²) in [5.74, 6) is -0.824. The first-order valence-electron chi connectivity index (χ1n) is 11.5. The van der Waals surface area contributed by atoms with E-state index >= 15 is 0 Å². The molecule has 0 heterocycles. The van der Waals surface area contributed by atoms with Crippen LogP contribution in [0.25, 0.3) is 0 Å². The van der Waals surface area contributed by atoms with Gasteiger partial charge >= 0.3 is 11.8 Å². The van der Waals surface area contributed by atoms with Crippen LogP contribution in [0, 0.1) is 10.1 Å². The number of halogens is 1.